The zero-order valence-corrected chi connectivity index (χ0v) is 12.1. The second kappa shape index (κ2) is 10.8. The predicted molar refractivity (Wildman–Crippen MR) is 73.3 cm³/mol. The molecular weight excluding hydrogens is 280 g/mol. The largest absolute Gasteiger partial charge is 0.404 e. The molecule has 0 spiro atoms. The lowest BCUT2D eigenvalue weighted by atomic mass is 10.1. The van der Waals surface area contributed by atoms with Gasteiger partial charge < -0.3 is 16.2 Å². The normalized spacial score (nSPS) is 11.4. The minimum atomic E-state index is -1.95. The van der Waals surface area contributed by atoms with Gasteiger partial charge in [-0.25, -0.2) is 19.4 Å². The monoisotopic (exact) mass is 302 g/mol. The lowest BCUT2D eigenvalue weighted by Crippen LogP contribution is -2.44. The maximum absolute atomic E-state index is 11.4. The SMILES string of the molecule is C=C(CCCCCC)C(=O)OOC(=O)C(O)NC(=O)CN. The zero-order chi connectivity index (χ0) is 16.3. The Morgan fingerprint density at radius 3 is 2.48 bits per heavy atom. The summed E-state index contributed by atoms with van der Waals surface area (Å²) in [4.78, 5) is 41.8. The van der Waals surface area contributed by atoms with Crippen molar-refractivity contribution in [1.29, 1.82) is 0 Å². The average molecular weight is 302 g/mol. The summed E-state index contributed by atoms with van der Waals surface area (Å²) >= 11 is 0. The Kier molecular flexibility index (Phi) is 9.82. The molecule has 0 saturated carbocycles. The van der Waals surface area contributed by atoms with Crippen molar-refractivity contribution < 1.29 is 29.3 Å². The molecule has 0 saturated heterocycles. The molecule has 0 aliphatic carbocycles. The third-order valence-corrected chi connectivity index (χ3v) is 2.53. The maximum atomic E-state index is 11.4. The van der Waals surface area contributed by atoms with Gasteiger partial charge in [-0.3, -0.25) is 4.79 Å². The van der Waals surface area contributed by atoms with E-state index in [1.165, 1.54) is 0 Å². The van der Waals surface area contributed by atoms with E-state index >= 15 is 0 Å². The van der Waals surface area contributed by atoms with E-state index < -0.39 is 30.6 Å². The van der Waals surface area contributed by atoms with Crippen LogP contribution in [0.1, 0.15) is 39.0 Å². The molecule has 0 aromatic rings. The van der Waals surface area contributed by atoms with Crippen molar-refractivity contribution in [2.45, 2.75) is 45.3 Å². The summed E-state index contributed by atoms with van der Waals surface area (Å²) in [5.74, 6) is -2.98. The maximum Gasteiger partial charge on any atom is 0.404 e. The molecule has 0 bridgehead atoms. The second-order valence-corrected chi connectivity index (χ2v) is 4.36. The first kappa shape index (κ1) is 19.1. The van der Waals surface area contributed by atoms with Gasteiger partial charge in [0, 0.05) is 5.57 Å². The molecule has 0 aromatic heterocycles. The summed E-state index contributed by atoms with van der Waals surface area (Å²) in [6.45, 7) is 5.18. The molecule has 1 unspecified atom stereocenters. The first-order valence-corrected chi connectivity index (χ1v) is 6.70. The Morgan fingerprint density at radius 2 is 1.90 bits per heavy atom. The van der Waals surface area contributed by atoms with Gasteiger partial charge in [-0.1, -0.05) is 32.8 Å². The van der Waals surface area contributed by atoms with E-state index in [4.69, 9.17) is 5.73 Å². The summed E-state index contributed by atoms with van der Waals surface area (Å²) < 4.78 is 0. The first-order valence-electron chi connectivity index (χ1n) is 6.70. The third kappa shape index (κ3) is 8.77. The van der Waals surface area contributed by atoms with E-state index in [0.717, 1.165) is 25.7 Å². The number of hydrogen-bond acceptors (Lipinski definition) is 7. The quantitative estimate of drug-likeness (QED) is 0.178. The molecule has 4 N–H and O–H groups in total. The zero-order valence-electron chi connectivity index (χ0n) is 12.1. The highest BCUT2D eigenvalue weighted by molar-refractivity contribution is 5.88. The second-order valence-electron chi connectivity index (χ2n) is 4.36. The van der Waals surface area contributed by atoms with Crippen molar-refractivity contribution in [3.05, 3.63) is 12.2 Å². The minimum absolute atomic E-state index is 0.166. The highest BCUT2D eigenvalue weighted by Gasteiger charge is 2.22. The van der Waals surface area contributed by atoms with E-state index in [1.807, 2.05) is 5.32 Å². The number of carbonyl (C=O) groups is 3. The van der Waals surface area contributed by atoms with Crippen LogP contribution in [-0.2, 0) is 24.2 Å². The van der Waals surface area contributed by atoms with Crippen LogP contribution in [0.2, 0.25) is 0 Å². The molecule has 0 aromatic carbocycles. The van der Waals surface area contributed by atoms with Gasteiger partial charge in [-0.2, -0.15) is 0 Å². The smallest absolute Gasteiger partial charge is 0.364 e. The number of rotatable bonds is 9. The number of nitrogens with two attached hydrogens (primary N) is 1. The minimum Gasteiger partial charge on any atom is -0.364 e. The van der Waals surface area contributed by atoms with Gasteiger partial charge >= 0.3 is 11.9 Å². The number of nitrogens with one attached hydrogen (secondary N) is 1. The average Bonchev–Trinajstić information content (AvgIpc) is 2.48. The summed E-state index contributed by atoms with van der Waals surface area (Å²) in [5.41, 5.74) is 5.14. The van der Waals surface area contributed by atoms with Crippen LogP contribution in [0.5, 0.6) is 0 Å². The van der Waals surface area contributed by atoms with Crippen molar-refractivity contribution in [2.24, 2.45) is 5.73 Å². The fourth-order valence-electron chi connectivity index (χ4n) is 1.32. The van der Waals surface area contributed by atoms with Crippen LogP contribution in [0.4, 0.5) is 0 Å². The number of aliphatic hydroxyl groups is 1. The number of unbranched alkanes of at least 4 members (excludes halogenated alkanes) is 3. The van der Waals surface area contributed by atoms with Crippen molar-refractivity contribution >= 4 is 17.8 Å². The molecule has 1 atom stereocenters. The molecule has 8 heteroatoms. The van der Waals surface area contributed by atoms with E-state index in [0.29, 0.717) is 6.42 Å². The van der Waals surface area contributed by atoms with E-state index in [2.05, 4.69) is 23.3 Å². The van der Waals surface area contributed by atoms with Crippen LogP contribution in [0.25, 0.3) is 0 Å². The molecular formula is C13H22N2O6. The molecule has 0 fully saturated rings. The number of carbonyl (C=O) groups excluding carboxylic acids is 3. The molecule has 0 aliphatic rings. The van der Waals surface area contributed by atoms with Crippen LogP contribution in [0.15, 0.2) is 12.2 Å². The van der Waals surface area contributed by atoms with Gasteiger partial charge in [-0.05, 0) is 12.8 Å². The highest BCUT2D eigenvalue weighted by atomic mass is 17.2. The molecule has 120 valence electrons. The van der Waals surface area contributed by atoms with Crippen LogP contribution >= 0.6 is 0 Å². The van der Waals surface area contributed by atoms with Crippen molar-refractivity contribution in [1.82, 2.24) is 5.32 Å². The van der Waals surface area contributed by atoms with E-state index in [-0.39, 0.29) is 5.57 Å². The van der Waals surface area contributed by atoms with Crippen LogP contribution < -0.4 is 11.1 Å². The van der Waals surface area contributed by atoms with Gasteiger partial charge in [0.25, 0.3) is 0 Å². The Labute approximate surface area is 123 Å². The van der Waals surface area contributed by atoms with Crippen molar-refractivity contribution in [3.8, 4) is 0 Å². The van der Waals surface area contributed by atoms with Gasteiger partial charge in [0.1, 0.15) is 0 Å². The predicted octanol–water partition coefficient (Wildman–Crippen LogP) is -0.0923. The van der Waals surface area contributed by atoms with Crippen LogP contribution in [0, 0.1) is 0 Å². The Morgan fingerprint density at radius 1 is 1.24 bits per heavy atom. The van der Waals surface area contributed by atoms with Crippen LogP contribution in [-0.4, -0.2) is 35.7 Å². The molecule has 0 heterocycles. The highest BCUT2D eigenvalue weighted by Crippen LogP contribution is 2.10. The van der Waals surface area contributed by atoms with E-state index in [1.54, 1.807) is 0 Å². The third-order valence-electron chi connectivity index (χ3n) is 2.53. The summed E-state index contributed by atoms with van der Waals surface area (Å²) in [6.07, 6.45) is 2.36. The summed E-state index contributed by atoms with van der Waals surface area (Å²) in [6, 6.07) is 0. The molecule has 0 radical (unpaired) electrons. The van der Waals surface area contributed by atoms with Gasteiger partial charge in [0.15, 0.2) is 0 Å². The Hall–Kier alpha value is -1.93. The molecule has 0 aliphatic heterocycles. The Balaban J connectivity index is 3.97. The van der Waals surface area contributed by atoms with E-state index in [9.17, 15) is 19.5 Å². The number of hydrogen-bond donors (Lipinski definition) is 3. The van der Waals surface area contributed by atoms with Gasteiger partial charge in [-0.15, -0.1) is 0 Å². The van der Waals surface area contributed by atoms with Crippen molar-refractivity contribution in [3.63, 3.8) is 0 Å². The van der Waals surface area contributed by atoms with Crippen molar-refractivity contribution in [2.75, 3.05) is 6.54 Å². The summed E-state index contributed by atoms with van der Waals surface area (Å²) in [5, 5.41) is 11.0. The first-order chi connectivity index (χ1) is 9.92. The van der Waals surface area contributed by atoms with Crippen LogP contribution in [0.3, 0.4) is 0 Å². The lowest BCUT2D eigenvalue weighted by molar-refractivity contribution is -0.262. The standard InChI is InChI=1S/C13H22N2O6/c1-3-4-5-6-7-9(2)12(18)20-21-13(19)11(17)15-10(16)8-14/h11,17H,2-8,14H2,1H3,(H,15,16). The fraction of sp³-hybridized carbons (Fsp3) is 0.615. The topological polar surface area (TPSA) is 128 Å². The number of amides is 1. The molecule has 0 rings (SSSR count). The molecule has 21 heavy (non-hydrogen) atoms. The number of aliphatic hydroxyl groups excluding tert-OH is 1. The van der Waals surface area contributed by atoms with Gasteiger partial charge in [0.05, 0.1) is 6.54 Å². The Bertz CT molecular complexity index is 383. The summed E-state index contributed by atoms with van der Waals surface area (Å²) in [7, 11) is 0. The molecule has 8 nitrogen and oxygen atoms in total. The molecule has 1 amide bonds. The van der Waals surface area contributed by atoms with Gasteiger partial charge in [0.2, 0.25) is 12.1 Å². The lowest BCUT2D eigenvalue weighted by Gasteiger charge is -2.10. The fourth-order valence-corrected chi connectivity index (χ4v) is 1.32.